The van der Waals surface area contributed by atoms with Crippen molar-refractivity contribution >= 4 is 0 Å². The zero-order valence-electron chi connectivity index (χ0n) is 23.5. The van der Waals surface area contributed by atoms with Crippen LogP contribution in [-0.2, 0) is 5.41 Å². The number of benzene rings is 1. The minimum absolute atomic E-state index is 0.523. The highest BCUT2D eigenvalue weighted by atomic mass is 14.6. The lowest BCUT2D eigenvalue weighted by Crippen LogP contribution is -2.48. The molecule has 0 heterocycles. The molecule has 0 saturated heterocycles. The summed E-state index contributed by atoms with van der Waals surface area (Å²) in [5.41, 5.74) is 4.60. The van der Waals surface area contributed by atoms with Crippen molar-refractivity contribution in [2.45, 2.75) is 160 Å². The van der Waals surface area contributed by atoms with E-state index < -0.39 is 0 Å². The second-order valence-corrected chi connectivity index (χ2v) is 13.8. The molecule has 0 nitrogen and oxygen atoms in total. The van der Waals surface area contributed by atoms with Crippen LogP contribution < -0.4 is 0 Å². The van der Waals surface area contributed by atoms with Gasteiger partial charge in [0.1, 0.15) is 0 Å². The second-order valence-electron chi connectivity index (χ2n) is 13.8. The predicted octanol–water partition coefficient (Wildman–Crippen LogP) is 11.1. The van der Waals surface area contributed by atoms with E-state index in [4.69, 9.17) is 0 Å². The predicted molar refractivity (Wildman–Crippen MR) is 152 cm³/mol. The molecule has 0 atom stereocenters. The SMILES string of the molecule is CCCCC[C@H]1CC[C@H](C23CCC(c4ccc([C@H]5CC[C@H](CCCC)CC5)cc4)(CC2)CC3)CC1. The Kier molecular flexibility index (Phi) is 8.66. The van der Waals surface area contributed by atoms with Gasteiger partial charge in [-0.15, -0.1) is 0 Å². The van der Waals surface area contributed by atoms with Gasteiger partial charge < -0.3 is 0 Å². The second kappa shape index (κ2) is 11.7. The van der Waals surface area contributed by atoms with Crippen LogP contribution in [0.1, 0.15) is 166 Å². The number of hydrogen-bond acceptors (Lipinski definition) is 0. The molecule has 5 aliphatic carbocycles. The molecule has 5 saturated carbocycles. The summed E-state index contributed by atoms with van der Waals surface area (Å²) in [7, 11) is 0. The van der Waals surface area contributed by atoms with E-state index in [1.54, 1.807) is 36.8 Å². The van der Waals surface area contributed by atoms with Crippen molar-refractivity contribution < 1.29 is 0 Å². The number of unbranched alkanes of at least 4 members (excludes halogenated alkanes) is 3. The van der Waals surface area contributed by atoms with Crippen LogP contribution in [0.25, 0.3) is 0 Å². The van der Waals surface area contributed by atoms with Crippen LogP contribution in [0.4, 0.5) is 0 Å². The highest BCUT2D eigenvalue weighted by Gasteiger charge is 2.52. The van der Waals surface area contributed by atoms with E-state index in [0.29, 0.717) is 5.41 Å². The molecule has 5 fully saturated rings. The monoisotopic (exact) mass is 476 g/mol. The molecule has 0 heteroatoms. The summed E-state index contributed by atoms with van der Waals surface area (Å²) in [5, 5.41) is 0. The van der Waals surface area contributed by atoms with Crippen molar-refractivity contribution in [3.05, 3.63) is 35.4 Å². The smallest absolute Gasteiger partial charge is 0.00463 e. The Morgan fingerprint density at radius 2 is 1.14 bits per heavy atom. The summed E-state index contributed by atoms with van der Waals surface area (Å²) in [4.78, 5) is 0. The summed E-state index contributed by atoms with van der Waals surface area (Å²) < 4.78 is 0. The molecule has 1 aromatic rings. The summed E-state index contributed by atoms with van der Waals surface area (Å²) in [6.45, 7) is 4.68. The average molecular weight is 477 g/mol. The third-order valence-electron chi connectivity index (χ3n) is 12.0. The summed E-state index contributed by atoms with van der Waals surface area (Å²) in [6.07, 6.45) is 31.1. The Hall–Kier alpha value is -0.780. The molecular weight excluding hydrogens is 420 g/mol. The number of rotatable bonds is 10. The largest absolute Gasteiger partial charge is 0.0654 e. The van der Waals surface area contributed by atoms with E-state index >= 15 is 0 Å². The first-order valence-corrected chi connectivity index (χ1v) is 16.3. The Balaban J connectivity index is 1.12. The third-order valence-corrected chi connectivity index (χ3v) is 12.0. The minimum Gasteiger partial charge on any atom is -0.0654 e. The van der Waals surface area contributed by atoms with Gasteiger partial charge in [0.05, 0.1) is 0 Å². The maximum Gasteiger partial charge on any atom is -0.00463 e. The van der Waals surface area contributed by atoms with E-state index in [1.807, 2.05) is 0 Å². The Bertz CT molecular complexity index is 731. The van der Waals surface area contributed by atoms with Crippen LogP contribution in [0, 0.1) is 23.2 Å². The van der Waals surface area contributed by atoms with Gasteiger partial charge >= 0.3 is 0 Å². The van der Waals surface area contributed by atoms with Gasteiger partial charge in [0, 0.05) is 0 Å². The van der Waals surface area contributed by atoms with Crippen molar-refractivity contribution in [2.24, 2.45) is 23.2 Å². The third kappa shape index (κ3) is 5.72. The highest BCUT2D eigenvalue weighted by molar-refractivity contribution is 5.33. The molecule has 0 amide bonds. The van der Waals surface area contributed by atoms with Crippen LogP contribution in [0.5, 0.6) is 0 Å². The van der Waals surface area contributed by atoms with Crippen molar-refractivity contribution in [3.63, 3.8) is 0 Å². The van der Waals surface area contributed by atoms with E-state index in [0.717, 1.165) is 29.1 Å². The van der Waals surface area contributed by atoms with Crippen LogP contribution in [0.15, 0.2) is 24.3 Å². The quantitative estimate of drug-likeness (QED) is 0.294. The van der Waals surface area contributed by atoms with Gasteiger partial charge in [-0.3, -0.25) is 0 Å². The van der Waals surface area contributed by atoms with Crippen LogP contribution in [0.2, 0.25) is 0 Å². The molecule has 0 unspecified atom stereocenters. The fraction of sp³-hybridized carbons (Fsp3) is 0.829. The summed E-state index contributed by atoms with van der Waals surface area (Å²) in [5.74, 6) is 3.97. The Labute approximate surface area is 218 Å². The minimum atomic E-state index is 0.523. The molecule has 0 aromatic heterocycles. The first kappa shape index (κ1) is 25.9. The molecule has 6 rings (SSSR count). The molecule has 0 spiro atoms. The van der Waals surface area contributed by atoms with Gasteiger partial charge in [-0.05, 0) is 123 Å². The van der Waals surface area contributed by atoms with E-state index in [9.17, 15) is 0 Å². The van der Waals surface area contributed by atoms with E-state index in [1.165, 1.54) is 109 Å². The molecule has 0 aliphatic heterocycles. The fourth-order valence-electron chi connectivity index (χ4n) is 9.39. The van der Waals surface area contributed by atoms with Crippen molar-refractivity contribution in [1.29, 1.82) is 0 Å². The molecule has 0 N–H and O–H groups in total. The maximum atomic E-state index is 2.58. The molecular formula is C35H56. The summed E-state index contributed by atoms with van der Waals surface area (Å²) >= 11 is 0. The van der Waals surface area contributed by atoms with Gasteiger partial charge in [0.2, 0.25) is 0 Å². The fourth-order valence-corrected chi connectivity index (χ4v) is 9.39. The highest BCUT2D eigenvalue weighted by Crippen LogP contribution is 2.62. The number of hydrogen-bond donors (Lipinski definition) is 0. The van der Waals surface area contributed by atoms with Gasteiger partial charge in [-0.2, -0.15) is 0 Å². The molecule has 2 bridgehead atoms. The molecule has 0 radical (unpaired) electrons. The standard InChI is InChI=1S/C35H56/c1-3-5-7-9-29-12-18-32(19-13-29)34-22-25-35(26-23-34,27-24-34)33-20-16-31(17-21-33)30-14-10-28(11-15-30)8-6-4-2/h16-17,20-21,28-30,32H,3-15,18-19,22-27H2,1-2H3/t28-,29-,30-,32-,34?,35?. The van der Waals surface area contributed by atoms with Crippen LogP contribution in [0.3, 0.4) is 0 Å². The zero-order valence-corrected chi connectivity index (χ0v) is 23.5. The van der Waals surface area contributed by atoms with Crippen molar-refractivity contribution in [3.8, 4) is 0 Å². The normalized spacial score (nSPS) is 37.4. The molecule has 196 valence electrons. The van der Waals surface area contributed by atoms with E-state index in [2.05, 4.69) is 38.1 Å². The molecule has 1 aromatic carbocycles. The summed E-state index contributed by atoms with van der Waals surface area (Å²) in [6, 6.07) is 10.3. The first-order chi connectivity index (χ1) is 17.2. The van der Waals surface area contributed by atoms with Crippen molar-refractivity contribution in [2.75, 3.05) is 0 Å². The average Bonchev–Trinajstić information content (AvgIpc) is 2.94. The lowest BCUT2D eigenvalue weighted by atomic mass is 9.47. The Morgan fingerprint density at radius 3 is 1.71 bits per heavy atom. The van der Waals surface area contributed by atoms with Crippen LogP contribution in [-0.4, -0.2) is 0 Å². The molecule has 5 aliphatic rings. The van der Waals surface area contributed by atoms with Crippen LogP contribution >= 0.6 is 0 Å². The first-order valence-electron chi connectivity index (χ1n) is 16.3. The van der Waals surface area contributed by atoms with Gasteiger partial charge in [-0.25, -0.2) is 0 Å². The van der Waals surface area contributed by atoms with Gasteiger partial charge in [0.25, 0.3) is 0 Å². The molecule has 35 heavy (non-hydrogen) atoms. The number of fused-ring (bicyclic) bond motifs is 3. The lowest BCUT2D eigenvalue weighted by Gasteiger charge is -2.58. The lowest BCUT2D eigenvalue weighted by molar-refractivity contribution is -0.0294. The van der Waals surface area contributed by atoms with E-state index in [-0.39, 0.29) is 0 Å². The zero-order chi connectivity index (χ0) is 24.1. The van der Waals surface area contributed by atoms with Crippen molar-refractivity contribution in [1.82, 2.24) is 0 Å². The Morgan fingerprint density at radius 1 is 0.600 bits per heavy atom. The topological polar surface area (TPSA) is 0 Å². The van der Waals surface area contributed by atoms with Gasteiger partial charge in [0.15, 0.2) is 0 Å². The van der Waals surface area contributed by atoms with Gasteiger partial charge in [-0.1, -0.05) is 95.9 Å². The maximum absolute atomic E-state index is 2.58.